The summed E-state index contributed by atoms with van der Waals surface area (Å²) >= 11 is 0. The Kier molecular flexibility index (Phi) is 14.6. The number of anilines is 6. The Labute approximate surface area is 353 Å². The van der Waals surface area contributed by atoms with Crippen molar-refractivity contribution in [2.24, 2.45) is 0 Å². The summed E-state index contributed by atoms with van der Waals surface area (Å²) in [5.41, 5.74) is 8.09. The van der Waals surface area contributed by atoms with Crippen molar-refractivity contribution >= 4 is 35.2 Å². The van der Waals surface area contributed by atoms with E-state index in [-0.39, 0.29) is 13.2 Å². The molecular formula is C46H56N12O2. The number of hydrogen-bond acceptors (Lipinski definition) is 14. The highest BCUT2D eigenvalue weighted by molar-refractivity contribution is 5.67. The molecule has 2 aliphatic heterocycles. The molecule has 0 bridgehead atoms. The number of aromatic nitrogens is 6. The molecule has 2 aromatic heterocycles. The van der Waals surface area contributed by atoms with Gasteiger partial charge in [0.05, 0.1) is 13.2 Å². The molecule has 14 nitrogen and oxygen atoms in total. The summed E-state index contributed by atoms with van der Waals surface area (Å²) < 4.78 is 0. The van der Waals surface area contributed by atoms with Crippen molar-refractivity contribution < 1.29 is 10.2 Å². The molecule has 0 aliphatic carbocycles. The second-order valence-corrected chi connectivity index (χ2v) is 15.2. The number of nitrogens with one attached hydrogen (secondary N) is 2. The van der Waals surface area contributed by atoms with Crippen molar-refractivity contribution in [2.75, 3.05) is 99.1 Å². The molecule has 0 spiro atoms. The predicted octanol–water partition coefficient (Wildman–Crippen LogP) is 5.64. The number of rotatable bonds is 13. The number of piperazine rings is 2. The molecule has 8 rings (SSSR count). The van der Waals surface area contributed by atoms with Crippen LogP contribution >= 0.6 is 0 Å². The normalized spacial score (nSPS) is 14.7. The predicted molar refractivity (Wildman–Crippen MR) is 239 cm³/mol. The third-order valence-corrected chi connectivity index (χ3v) is 10.6. The third-order valence-electron chi connectivity index (χ3n) is 10.6. The van der Waals surface area contributed by atoms with Crippen LogP contribution in [0.1, 0.15) is 28.3 Å². The maximum absolute atomic E-state index is 9.11. The van der Waals surface area contributed by atoms with E-state index in [0.29, 0.717) is 35.4 Å². The first-order chi connectivity index (χ1) is 29.3. The number of aryl methyl sites for hydroxylation is 3. The standard InChI is InChI=1S/2C23H28N6O/c1-17-3-5-19(6-4-17)20-7-9-21(10-8-20)26-22-24-18(2)25-23(27-22)29-13-11-28(12-14-29)15-16-30;1-18-24-22(27-23(25-18)29-13-11-28(12-14-29)15-16-30)26-21-9-7-20(8-10-21)17-19-5-3-2-4-6-19/h3-10,30H,11-16H2,1-2H3,(H,24,25,26,27);2-10,30H,11-17H2,1H3,(H,24,25,26,27). The Morgan fingerprint density at radius 2 is 0.883 bits per heavy atom. The van der Waals surface area contributed by atoms with Crippen LogP contribution in [0.2, 0.25) is 0 Å². The molecule has 60 heavy (non-hydrogen) atoms. The second kappa shape index (κ2) is 20.8. The third kappa shape index (κ3) is 12.0. The van der Waals surface area contributed by atoms with Crippen LogP contribution in [0.3, 0.4) is 0 Å². The Hall–Kier alpha value is -6.06. The van der Waals surface area contributed by atoms with Crippen molar-refractivity contribution in [3.05, 3.63) is 131 Å². The van der Waals surface area contributed by atoms with E-state index in [1.165, 1.54) is 27.8 Å². The minimum atomic E-state index is 0.196. The average molecular weight is 809 g/mol. The van der Waals surface area contributed by atoms with E-state index in [1.54, 1.807) is 0 Å². The topological polar surface area (TPSA) is 155 Å². The molecule has 14 heteroatoms. The van der Waals surface area contributed by atoms with Crippen LogP contribution in [0.4, 0.5) is 35.2 Å². The number of aliphatic hydroxyl groups is 2. The van der Waals surface area contributed by atoms with Crippen molar-refractivity contribution in [3.63, 3.8) is 0 Å². The fraction of sp³-hybridized carbons (Fsp3) is 0.348. The molecule has 4 N–H and O–H groups in total. The smallest absolute Gasteiger partial charge is 0.232 e. The van der Waals surface area contributed by atoms with E-state index in [1.807, 2.05) is 32.0 Å². The highest BCUT2D eigenvalue weighted by atomic mass is 16.3. The molecule has 4 heterocycles. The van der Waals surface area contributed by atoms with Crippen LogP contribution in [0.25, 0.3) is 11.1 Å². The van der Waals surface area contributed by atoms with Gasteiger partial charge in [-0.2, -0.15) is 29.9 Å². The molecule has 6 aromatic rings. The molecule has 0 radical (unpaired) electrons. The number of benzene rings is 4. The maximum atomic E-state index is 9.11. The van der Waals surface area contributed by atoms with E-state index in [0.717, 1.165) is 83.2 Å². The van der Waals surface area contributed by atoms with Crippen molar-refractivity contribution in [1.82, 2.24) is 39.7 Å². The van der Waals surface area contributed by atoms with Gasteiger partial charge in [0.15, 0.2) is 0 Å². The average Bonchev–Trinajstić information content (AvgIpc) is 3.26. The van der Waals surface area contributed by atoms with Crippen LogP contribution in [0, 0.1) is 20.8 Å². The molecule has 2 saturated heterocycles. The van der Waals surface area contributed by atoms with Gasteiger partial charge in [-0.25, -0.2) is 0 Å². The zero-order chi connectivity index (χ0) is 41.7. The van der Waals surface area contributed by atoms with Gasteiger partial charge in [-0.15, -0.1) is 0 Å². The Balaban J connectivity index is 0.000000181. The summed E-state index contributed by atoms with van der Waals surface area (Å²) in [6.07, 6.45) is 0.915. The van der Waals surface area contributed by atoms with Crippen molar-refractivity contribution in [1.29, 1.82) is 0 Å². The first kappa shape index (κ1) is 42.1. The van der Waals surface area contributed by atoms with Gasteiger partial charge >= 0.3 is 0 Å². The van der Waals surface area contributed by atoms with Crippen LogP contribution in [-0.2, 0) is 6.42 Å². The molecule has 2 aliphatic rings. The molecule has 2 fully saturated rings. The lowest BCUT2D eigenvalue weighted by Crippen LogP contribution is -2.47. The minimum Gasteiger partial charge on any atom is -0.395 e. The summed E-state index contributed by atoms with van der Waals surface area (Å²) in [4.78, 5) is 36.1. The molecular weight excluding hydrogens is 753 g/mol. The van der Waals surface area contributed by atoms with E-state index in [4.69, 9.17) is 10.2 Å². The Morgan fingerprint density at radius 1 is 0.467 bits per heavy atom. The van der Waals surface area contributed by atoms with Crippen molar-refractivity contribution in [3.8, 4) is 11.1 Å². The van der Waals surface area contributed by atoms with Gasteiger partial charge in [-0.3, -0.25) is 9.80 Å². The molecule has 312 valence electrons. The lowest BCUT2D eigenvalue weighted by atomic mass is 10.0. The van der Waals surface area contributed by atoms with Gasteiger partial charge < -0.3 is 30.6 Å². The fourth-order valence-corrected chi connectivity index (χ4v) is 7.24. The van der Waals surface area contributed by atoms with Crippen LogP contribution in [0.5, 0.6) is 0 Å². The number of nitrogens with zero attached hydrogens (tertiary/aromatic N) is 10. The quantitative estimate of drug-likeness (QED) is 0.114. The Morgan fingerprint density at radius 3 is 1.33 bits per heavy atom. The summed E-state index contributed by atoms with van der Waals surface area (Å²) in [6, 6.07) is 35.7. The maximum Gasteiger partial charge on any atom is 0.232 e. The lowest BCUT2D eigenvalue weighted by Gasteiger charge is -2.34. The van der Waals surface area contributed by atoms with Gasteiger partial charge in [-0.05, 0) is 73.7 Å². The lowest BCUT2D eigenvalue weighted by molar-refractivity contribution is 0.188. The van der Waals surface area contributed by atoms with E-state index in [9.17, 15) is 0 Å². The molecule has 0 unspecified atom stereocenters. The number of β-amino-alcohol motifs (C(OH)–C–C–N with tert-alkyl or cyclic N) is 2. The van der Waals surface area contributed by atoms with Gasteiger partial charge in [0.1, 0.15) is 11.6 Å². The summed E-state index contributed by atoms with van der Waals surface area (Å²) in [5, 5.41) is 24.8. The van der Waals surface area contributed by atoms with Gasteiger partial charge in [0.25, 0.3) is 0 Å². The largest absolute Gasteiger partial charge is 0.395 e. The Bertz CT molecular complexity index is 2230. The van der Waals surface area contributed by atoms with E-state index >= 15 is 0 Å². The zero-order valence-electron chi connectivity index (χ0n) is 34.9. The highest BCUT2D eigenvalue weighted by Gasteiger charge is 2.21. The monoisotopic (exact) mass is 808 g/mol. The molecule has 0 atom stereocenters. The summed E-state index contributed by atoms with van der Waals surface area (Å²) in [5.74, 6) is 3.90. The van der Waals surface area contributed by atoms with Crippen LogP contribution in [-0.4, -0.2) is 129 Å². The van der Waals surface area contributed by atoms with Gasteiger partial charge in [0, 0.05) is 76.8 Å². The number of aliphatic hydroxyl groups excluding tert-OH is 2. The second-order valence-electron chi connectivity index (χ2n) is 15.2. The van der Waals surface area contributed by atoms with Crippen molar-refractivity contribution in [2.45, 2.75) is 27.2 Å². The zero-order valence-corrected chi connectivity index (χ0v) is 34.9. The van der Waals surface area contributed by atoms with E-state index < -0.39 is 0 Å². The minimum absolute atomic E-state index is 0.196. The summed E-state index contributed by atoms with van der Waals surface area (Å²) in [6.45, 7) is 14.7. The molecule has 0 saturated carbocycles. The molecule has 0 amide bonds. The summed E-state index contributed by atoms with van der Waals surface area (Å²) in [7, 11) is 0. The fourth-order valence-electron chi connectivity index (χ4n) is 7.24. The first-order valence-corrected chi connectivity index (χ1v) is 20.8. The van der Waals surface area contributed by atoms with E-state index in [2.05, 4.69) is 152 Å². The highest BCUT2D eigenvalue weighted by Crippen LogP contribution is 2.24. The van der Waals surface area contributed by atoms with Gasteiger partial charge in [-0.1, -0.05) is 84.4 Å². The molecule has 4 aromatic carbocycles. The SMILES string of the molecule is Cc1ccc(-c2ccc(Nc3nc(C)nc(N4CCN(CCO)CC4)n3)cc2)cc1.Cc1nc(Nc2ccc(Cc3ccccc3)cc2)nc(N2CCN(CCO)CC2)n1. The van der Waals surface area contributed by atoms with Gasteiger partial charge in [0.2, 0.25) is 23.8 Å². The first-order valence-electron chi connectivity index (χ1n) is 20.8. The van der Waals surface area contributed by atoms with Crippen LogP contribution < -0.4 is 20.4 Å². The van der Waals surface area contributed by atoms with Crippen LogP contribution in [0.15, 0.2) is 103 Å². The number of hydrogen-bond donors (Lipinski definition) is 4.